The summed E-state index contributed by atoms with van der Waals surface area (Å²) in [5, 5.41) is 3.49. The third kappa shape index (κ3) is 4.35. The maximum absolute atomic E-state index is 12.3. The molecule has 1 saturated heterocycles. The predicted molar refractivity (Wildman–Crippen MR) is 102 cm³/mol. The lowest BCUT2D eigenvalue weighted by molar-refractivity contribution is -0.117. The third-order valence-corrected chi connectivity index (χ3v) is 4.57. The maximum Gasteiger partial charge on any atom is 0.251 e. The maximum atomic E-state index is 12.3. The van der Waals surface area contributed by atoms with Crippen molar-refractivity contribution in [2.24, 2.45) is 5.92 Å². The lowest BCUT2D eigenvalue weighted by Gasteiger charge is -2.17. The van der Waals surface area contributed by atoms with E-state index in [1.165, 1.54) is 0 Å². The molecule has 1 fully saturated rings. The van der Waals surface area contributed by atoms with Crippen LogP contribution in [0.4, 0.5) is 5.69 Å². The van der Waals surface area contributed by atoms with Crippen molar-refractivity contribution < 1.29 is 14.3 Å². The second-order valence-corrected chi connectivity index (χ2v) is 6.65. The van der Waals surface area contributed by atoms with Crippen molar-refractivity contribution in [1.29, 1.82) is 0 Å². The minimum Gasteiger partial charge on any atom is -0.494 e. The van der Waals surface area contributed by atoms with Gasteiger partial charge in [0.15, 0.2) is 0 Å². The fourth-order valence-electron chi connectivity index (χ4n) is 3.00. The molecule has 0 aromatic heterocycles. The molecule has 1 N–H and O–H groups in total. The molecule has 0 radical (unpaired) electrons. The molecule has 1 atom stereocenters. The van der Waals surface area contributed by atoms with Crippen LogP contribution in [0.5, 0.6) is 5.75 Å². The molecule has 2 amide bonds. The van der Waals surface area contributed by atoms with Gasteiger partial charge in [-0.2, -0.15) is 0 Å². The first-order valence-corrected chi connectivity index (χ1v) is 9.01. The third-order valence-electron chi connectivity index (χ3n) is 4.32. The lowest BCUT2D eigenvalue weighted by atomic mass is 10.1. The number of nitrogens with one attached hydrogen (secondary N) is 1. The highest BCUT2D eigenvalue weighted by Crippen LogP contribution is 2.26. The van der Waals surface area contributed by atoms with Crippen molar-refractivity contribution in [3.8, 4) is 5.75 Å². The van der Waals surface area contributed by atoms with Gasteiger partial charge in [-0.1, -0.05) is 11.6 Å². The fourth-order valence-corrected chi connectivity index (χ4v) is 3.12. The van der Waals surface area contributed by atoms with E-state index in [0.717, 1.165) is 11.4 Å². The summed E-state index contributed by atoms with van der Waals surface area (Å²) in [6.07, 6.45) is 0.425. The minimum atomic E-state index is -0.159. The van der Waals surface area contributed by atoms with Gasteiger partial charge in [0.05, 0.1) is 6.61 Å². The van der Waals surface area contributed by atoms with Gasteiger partial charge >= 0.3 is 0 Å². The normalized spacial score (nSPS) is 16.6. The number of amides is 2. The summed E-state index contributed by atoms with van der Waals surface area (Å²) in [4.78, 5) is 26.3. The number of carbonyl (C=O) groups excluding carboxylic acids is 2. The summed E-state index contributed by atoms with van der Waals surface area (Å²) in [5.74, 6) is 0.786. The van der Waals surface area contributed by atoms with Crippen LogP contribution in [0.15, 0.2) is 48.5 Å². The molecular weight excluding hydrogens is 352 g/mol. The number of anilines is 1. The molecule has 1 heterocycles. The summed E-state index contributed by atoms with van der Waals surface area (Å²) in [6, 6.07) is 14.2. The SMILES string of the molecule is CCOc1ccc(N2CC(CNC(=O)c3ccc(Cl)cc3)CC2=O)cc1. The van der Waals surface area contributed by atoms with Crippen LogP contribution in [0.25, 0.3) is 0 Å². The summed E-state index contributed by atoms with van der Waals surface area (Å²) < 4.78 is 5.43. The van der Waals surface area contributed by atoms with E-state index >= 15 is 0 Å². The molecule has 0 aliphatic carbocycles. The molecule has 5 nitrogen and oxygen atoms in total. The van der Waals surface area contributed by atoms with Crippen LogP contribution in [-0.4, -0.2) is 31.5 Å². The minimum absolute atomic E-state index is 0.0694. The number of ether oxygens (including phenoxy) is 1. The van der Waals surface area contributed by atoms with Crippen LogP contribution in [0.2, 0.25) is 5.02 Å². The number of hydrogen-bond donors (Lipinski definition) is 1. The van der Waals surface area contributed by atoms with Crippen molar-refractivity contribution >= 4 is 29.1 Å². The van der Waals surface area contributed by atoms with Gasteiger partial charge in [-0.15, -0.1) is 0 Å². The summed E-state index contributed by atoms with van der Waals surface area (Å²) in [5.41, 5.74) is 1.41. The molecule has 26 heavy (non-hydrogen) atoms. The average Bonchev–Trinajstić information content (AvgIpc) is 3.02. The molecule has 6 heteroatoms. The standard InChI is InChI=1S/C20H21ClN2O3/c1-2-26-18-9-7-17(8-10-18)23-13-14(11-19(23)24)12-22-20(25)15-3-5-16(21)6-4-15/h3-10,14H,2,11-13H2,1H3,(H,22,25). The number of hydrogen-bond acceptors (Lipinski definition) is 3. The van der Waals surface area contributed by atoms with Crippen LogP contribution in [0.1, 0.15) is 23.7 Å². The predicted octanol–water partition coefficient (Wildman–Crippen LogP) is 3.52. The summed E-state index contributed by atoms with van der Waals surface area (Å²) in [6.45, 7) is 3.59. The Kier molecular flexibility index (Phi) is 5.78. The smallest absolute Gasteiger partial charge is 0.251 e. The number of carbonyl (C=O) groups is 2. The van der Waals surface area contributed by atoms with Gasteiger partial charge in [0.25, 0.3) is 5.91 Å². The molecule has 2 aromatic rings. The highest BCUT2D eigenvalue weighted by atomic mass is 35.5. The number of nitrogens with zero attached hydrogens (tertiary/aromatic N) is 1. The fraction of sp³-hybridized carbons (Fsp3) is 0.300. The van der Waals surface area contributed by atoms with Crippen molar-refractivity contribution in [3.63, 3.8) is 0 Å². The van der Waals surface area contributed by atoms with Crippen molar-refractivity contribution in [2.45, 2.75) is 13.3 Å². The van der Waals surface area contributed by atoms with Gasteiger partial charge in [-0.25, -0.2) is 0 Å². The Morgan fingerprint density at radius 2 is 1.88 bits per heavy atom. The highest BCUT2D eigenvalue weighted by molar-refractivity contribution is 6.30. The second kappa shape index (κ2) is 8.23. The molecule has 1 aliphatic heterocycles. The first-order chi connectivity index (χ1) is 12.6. The lowest BCUT2D eigenvalue weighted by Crippen LogP contribution is -2.31. The van der Waals surface area contributed by atoms with Crippen LogP contribution in [0, 0.1) is 5.92 Å². The number of halogens is 1. The van der Waals surface area contributed by atoms with Gasteiger partial charge in [-0.3, -0.25) is 9.59 Å². The Morgan fingerprint density at radius 1 is 1.19 bits per heavy atom. The molecule has 1 aliphatic rings. The van der Waals surface area contributed by atoms with Crippen LogP contribution < -0.4 is 15.0 Å². The zero-order valence-corrected chi connectivity index (χ0v) is 15.3. The largest absolute Gasteiger partial charge is 0.494 e. The number of benzene rings is 2. The Morgan fingerprint density at radius 3 is 2.54 bits per heavy atom. The first kappa shape index (κ1) is 18.3. The van der Waals surface area contributed by atoms with Crippen molar-refractivity contribution in [3.05, 3.63) is 59.1 Å². The number of rotatable bonds is 6. The van der Waals surface area contributed by atoms with Crippen molar-refractivity contribution in [2.75, 3.05) is 24.6 Å². The van der Waals surface area contributed by atoms with Gasteiger partial charge in [0, 0.05) is 41.7 Å². The zero-order chi connectivity index (χ0) is 18.5. The van der Waals surface area contributed by atoms with E-state index in [0.29, 0.717) is 36.7 Å². The van der Waals surface area contributed by atoms with E-state index in [2.05, 4.69) is 5.32 Å². The molecule has 0 spiro atoms. The molecule has 3 rings (SSSR count). The average molecular weight is 373 g/mol. The first-order valence-electron chi connectivity index (χ1n) is 8.64. The van der Waals surface area contributed by atoms with E-state index in [9.17, 15) is 9.59 Å². The highest BCUT2D eigenvalue weighted by Gasteiger charge is 2.30. The Bertz CT molecular complexity index is 775. The van der Waals surface area contributed by atoms with E-state index in [4.69, 9.17) is 16.3 Å². The second-order valence-electron chi connectivity index (χ2n) is 6.22. The van der Waals surface area contributed by atoms with Gasteiger partial charge in [-0.05, 0) is 55.5 Å². The van der Waals surface area contributed by atoms with E-state index < -0.39 is 0 Å². The monoisotopic (exact) mass is 372 g/mol. The van der Waals surface area contributed by atoms with E-state index in [1.807, 2.05) is 31.2 Å². The van der Waals surface area contributed by atoms with Gasteiger partial charge in [0.2, 0.25) is 5.91 Å². The summed E-state index contributed by atoms with van der Waals surface area (Å²) in [7, 11) is 0. The molecule has 0 bridgehead atoms. The Balaban J connectivity index is 1.55. The van der Waals surface area contributed by atoms with Crippen LogP contribution in [0.3, 0.4) is 0 Å². The van der Waals surface area contributed by atoms with Gasteiger partial charge < -0.3 is 15.0 Å². The zero-order valence-electron chi connectivity index (χ0n) is 14.6. The molecule has 0 saturated carbocycles. The molecule has 1 unspecified atom stereocenters. The molecular formula is C20H21ClN2O3. The van der Waals surface area contributed by atoms with Crippen LogP contribution in [-0.2, 0) is 4.79 Å². The molecule has 136 valence electrons. The Labute approximate surface area is 157 Å². The summed E-state index contributed by atoms with van der Waals surface area (Å²) >= 11 is 5.83. The van der Waals surface area contributed by atoms with Gasteiger partial charge in [0.1, 0.15) is 5.75 Å². The molecule has 2 aromatic carbocycles. The van der Waals surface area contributed by atoms with E-state index in [-0.39, 0.29) is 17.7 Å². The van der Waals surface area contributed by atoms with Crippen LogP contribution >= 0.6 is 11.6 Å². The topological polar surface area (TPSA) is 58.6 Å². The van der Waals surface area contributed by atoms with E-state index in [1.54, 1.807) is 29.2 Å². The Hall–Kier alpha value is -2.53. The quantitative estimate of drug-likeness (QED) is 0.844. The van der Waals surface area contributed by atoms with Crippen molar-refractivity contribution in [1.82, 2.24) is 5.32 Å².